The molecule has 1 aliphatic rings. The van der Waals surface area contributed by atoms with Gasteiger partial charge in [0.25, 0.3) is 0 Å². The molecule has 2 N–H and O–H groups in total. The van der Waals surface area contributed by atoms with E-state index < -0.39 is 12.1 Å². The lowest BCUT2D eigenvalue weighted by Crippen LogP contribution is -2.36. The van der Waals surface area contributed by atoms with Crippen molar-refractivity contribution in [2.75, 3.05) is 13.1 Å². The predicted octanol–water partition coefficient (Wildman–Crippen LogP) is 2.06. The summed E-state index contributed by atoms with van der Waals surface area (Å²) in [5, 5.41) is 19.8. The maximum Gasteiger partial charge on any atom is 0.336 e. The molecule has 3 rings (SSSR count). The molecule has 128 valence electrons. The first kappa shape index (κ1) is 16.7. The second kappa shape index (κ2) is 7.15. The summed E-state index contributed by atoms with van der Waals surface area (Å²) in [5.41, 5.74) is 1.21. The van der Waals surface area contributed by atoms with Crippen molar-refractivity contribution in [1.82, 2.24) is 14.5 Å². The molecule has 0 spiro atoms. The smallest absolute Gasteiger partial charge is 0.336 e. The van der Waals surface area contributed by atoms with Crippen LogP contribution in [0.4, 0.5) is 0 Å². The van der Waals surface area contributed by atoms with Gasteiger partial charge in [0.05, 0.1) is 5.56 Å². The molecule has 1 aromatic carbocycles. The van der Waals surface area contributed by atoms with Gasteiger partial charge in [-0.3, -0.25) is 4.90 Å². The van der Waals surface area contributed by atoms with Gasteiger partial charge in [-0.2, -0.15) is 0 Å². The number of aliphatic hydroxyl groups is 1. The number of nitrogens with zero attached hydrogens (tertiary/aromatic N) is 3. The van der Waals surface area contributed by atoms with Gasteiger partial charge in [0.1, 0.15) is 11.9 Å². The number of likely N-dealkylation sites (tertiary alicyclic amines) is 1. The van der Waals surface area contributed by atoms with Crippen LogP contribution < -0.4 is 0 Å². The largest absolute Gasteiger partial charge is 0.478 e. The average Bonchev–Trinajstić information content (AvgIpc) is 3.01. The molecule has 0 amide bonds. The van der Waals surface area contributed by atoms with Gasteiger partial charge in [-0.05, 0) is 43.5 Å². The molecule has 2 heterocycles. The fourth-order valence-electron chi connectivity index (χ4n) is 3.41. The third kappa shape index (κ3) is 3.49. The van der Waals surface area contributed by atoms with Crippen LogP contribution in [-0.2, 0) is 13.6 Å². The number of imidazole rings is 1. The molecule has 1 aromatic heterocycles. The molecule has 2 aromatic rings. The fraction of sp³-hybridized carbons (Fsp3) is 0.444. The highest BCUT2D eigenvalue weighted by atomic mass is 16.4. The SMILES string of the molecule is Cn1ccnc1[C@@H](O)C1CCN(Cc2ccccc2C(=O)O)CC1. The van der Waals surface area contributed by atoms with E-state index in [-0.39, 0.29) is 5.92 Å². The van der Waals surface area contributed by atoms with E-state index >= 15 is 0 Å². The van der Waals surface area contributed by atoms with E-state index in [0.717, 1.165) is 31.5 Å². The molecule has 6 nitrogen and oxygen atoms in total. The highest BCUT2D eigenvalue weighted by molar-refractivity contribution is 5.89. The fourth-order valence-corrected chi connectivity index (χ4v) is 3.41. The summed E-state index contributed by atoms with van der Waals surface area (Å²) in [6.45, 7) is 2.33. The Kier molecular flexibility index (Phi) is 4.97. The highest BCUT2D eigenvalue weighted by Crippen LogP contribution is 2.30. The Morgan fingerprint density at radius 3 is 2.67 bits per heavy atom. The number of piperidine rings is 1. The molecule has 0 saturated carbocycles. The third-order valence-corrected chi connectivity index (χ3v) is 4.84. The zero-order chi connectivity index (χ0) is 17.1. The summed E-state index contributed by atoms with van der Waals surface area (Å²) in [7, 11) is 1.89. The zero-order valence-corrected chi connectivity index (χ0v) is 13.8. The van der Waals surface area contributed by atoms with Crippen molar-refractivity contribution in [3.63, 3.8) is 0 Å². The minimum Gasteiger partial charge on any atom is -0.478 e. The van der Waals surface area contributed by atoms with E-state index in [1.165, 1.54) is 0 Å². The lowest BCUT2D eigenvalue weighted by molar-refractivity contribution is 0.0490. The Balaban J connectivity index is 1.60. The molecule has 24 heavy (non-hydrogen) atoms. The van der Waals surface area contributed by atoms with Gasteiger partial charge < -0.3 is 14.8 Å². The van der Waals surface area contributed by atoms with Gasteiger partial charge in [0, 0.05) is 26.0 Å². The number of rotatable bonds is 5. The minimum absolute atomic E-state index is 0.192. The number of hydrogen-bond donors (Lipinski definition) is 2. The molecule has 0 unspecified atom stereocenters. The van der Waals surface area contributed by atoms with Crippen LogP contribution in [0, 0.1) is 5.92 Å². The van der Waals surface area contributed by atoms with E-state index in [1.54, 1.807) is 18.3 Å². The van der Waals surface area contributed by atoms with Crippen molar-refractivity contribution in [3.05, 3.63) is 53.6 Å². The average molecular weight is 329 g/mol. The van der Waals surface area contributed by atoms with Gasteiger partial charge in [-0.15, -0.1) is 0 Å². The molecule has 1 saturated heterocycles. The molecule has 1 fully saturated rings. The summed E-state index contributed by atoms with van der Waals surface area (Å²) in [4.78, 5) is 17.8. The van der Waals surface area contributed by atoms with E-state index in [4.69, 9.17) is 0 Å². The van der Waals surface area contributed by atoms with Crippen LogP contribution >= 0.6 is 0 Å². The Morgan fingerprint density at radius 2 is 2.04 bits per heavy atom. The first-order valence-corrected chi connectivity index (χ1v) is 8.25. The number of aryl methyl sites for hydroxylation is 1. The quantitative estimate of drug-likeness (QED) is 0.878. The molecule has 1 atom stereocenters. The van der Waals surface area contributed by atoms with Crippen molar-refractivity contribution >= 4 is 5.97 Å². The van der Waals surface area contributed by atoms with Crippen LogP contribution in [0.15, 0.2) is 36.7 Å². The first-order valence-electron chi connectivity index (χ1n) is 8.25. The number of aromatic nitrogens is 2. The standard InChI is InChI=1S/C18H23N3O3/c1-20-11-8-19-17(20)16(22)13-6-9-21(10-7-13)12-14-4-2-3-5-15(14)18(23)24/h2-5,8,11,13,16,22H,6-7,9-10,12H2,1H3,(H,23,24)/t16-/m0/s1. The van der Waals surface area contributed by atoms with Gasteiger partial charge in [-0.25, -0.2) is 9.78 Å². The Bertz CT molecular complexity index is 705. The number of aliphatic hydroxyl groups excluding tert-OH is 1. The van der Waals surface area contributed by atoms with Crippen molar-refractivity contribution < 1.29 is 15.0 Å². The number of aromatic carboxylic acids is 1. The summed E-state index contributed by atoms with van der Waals surface area (Å²) in [6.07, 6.45) is 4.76. The summed E-state index contributed by atoms with van der Waals surface area (Å²) < 4.78 is 1.86. The topological polar surface area (TPSA) is 78.6 Å². The van der Waals surface area contributed by atoms with Crippen molar-refractivity contribution in [2.24, 2.45) is 13.0 Å². The maximum atomic E-state index is 11.3. The van der Waals surface area contributed by atoms with Crippen LogP contribution in [0.3, 0.4) is 0 Å². The predicted molar refractivity (Wildman–Crippen MR) is 89.6 cm³/mol. The Hall–Kier alpha value is -2.18. The van der Waals surface area contributed by atoms with Gasteiger partial charge >= 0.3 is 5.97 Å². The second-order valence-corrected chi connectivity index (χ2v) is 6.42. The molecular formula is C18H23N3O3. The van der Waals surface area contributed by atoms with Crippen LogP contribution in [0.25, 0.3) is 0 Å². The van der Waals surface area contributed by atoms with Crippen LogP contribution in [-0.4, -0.2) is 43.7 Å². The minimum atomic E-state index is -0.884. The van der Waals surface area contributed by atoms with Gasteiger partial charge in [-0.1, -0.05) is 18.2 Å². The van der Waals surface area contributed by atoms with Crippen molar-refractivity contribution in [3.8, 4) is 0 Å². The molecule has 0 radical (unpaired) electrons. The molecular weight excluding hydrogens is 306 g/mol. The number of carbonyl (C=O) groups is 1. The Labute approximate surface area is 141 Å². The van der Waals surface area contributed by atoms with E-state index in [1.807, 2.05) is 29.9 Å². The number of hydrogen-bond acceptors (Lipinski definition) is 4. The highest BCUT2D eigenvalue weighted by Gasteiger charge is 2.28. The first-order chi connectivity index (χ1) is 11.6. The van der Waals surface area contributed by atoms with E-state index in [0.29, 0.717) is 17.9 Å². The number of carboxylic acids is 1. The number of benzene rings is 1. The zero-order valence-electron chi connectivity index (χ0n) is 13.8. The molecule has 0 bridgehead atoms. The lowest BCUT2D eigenvalue weighted by atomic mass is 9.90. The molecule has 0 aliphatic carbocycles. The van der Waals surface area contributed by atoms with Gasteiger partial charge in [0.2, 0.25) is 0 Å². The third-order valence-electron chi connectivity index (χ3n) is 4.84. The maximum absolute atomic E-state index is 11.3. The van der Waals surface area contributed by atoms with Crippen LogP contribution in [0.2, 0.25) is 0 Å². The summed E-state index contributed by atoms with van der Waals surface area (Å²) in [5.74, 6) is 0.0208. The summed E-state index contributed by atoms with van der Waals surface area (Å²) in [6, 6.07) is 7.15. The van der Waals surface area contributed by atoms with E-state index in [9.17, 15) is 15.0 Å². The van der Waals surface area contributed by atoms with Gasteiger partial charge in [0.15, 0.2) is 0 Å². The van der Waals surface area contributed by atoms with Crippen molar-refractivity contribution in [1.29, 1.82) is 0 Å². The number of carboxylic acid groups (broad SMARTS) is 1. The van der Waals surface area contributed by atoms with Crippen LogP contribution in [0.5, 0.6) is 0 Å². The molecule has 6 heteroatoms. The van der Waals surface area contributed by atoms with Crippen molar-refractivity contribution in [2.45, 2.75) is 25.5 Å². The second-order valence-electron chi connectivity index (χ2n) is 6.42. The lowest BCUT2D eigenvalue weighted by Gasteiger charge is -2.34. The summed E-state index contributed by atoms with van der Waals surface area (Å²) >= 11 is 0. The normalized spacial score (nSPS) is 17.8. The van der Waals surface area contributed by atoms with E-state index in [2.05, 4.69) is 9.88 Å². The monoisotopic (exact) mass is 329 g/mol. The van der Waals surface area contributed by atoms with Crippen LogP contribution in [0.1, 0.15) is 40.7 Å². The Morgan fingerprint density at radius 1 is 1.33 bits per heavy atom. The molecule has 1 aliphatic heterocycles.